The fourth-order valence-corrected chi connectivity index (χ4v) is 3.58. The Hall–Kier alpha value is -2.15. The predicted molar refractivity (Wildman–Crippen MR) is 82.6 cm³/mol. The van der Waals surface area contributed by atoms with Gasteiger partial charge in [-0.25, -0.2) is 4.98 Å². The number of aryl methyl sites for hydroxylation is 1. The molecule has 0 unspecified atom stereocenters. The summed E-state index contributed by atoms with van der Waals surface area (Å²) in [5.74, 6) is -2.28. The number of carboxylic acid groups (broad SMARTS) is 1. The maximum atomic E-state index is 12.3. The average molecular weight is 319 g/mol. The zero-order valence-corrected chi connectivity index (χ0v) is 13.0. The first-order chi connectivity index (χ1) is 10.6. The quantitative estimate of drug-likeness (QED) is 0.844. The highest BCUT2D eigenvalue weighted by Gasteiger charge is 2.33. The van der Waals surface area contributed by atoms with E-state index >= 15 is 0 Å². The average Bonchev–Trinajstić information content (AvgIpc) is 3.07. The van der Waals surface area contributed by atoms with Crippen molar-refractivity contribution in [2.75, 3.05) is 0 Å². The number of amides is 1. The molecule has 1 aliphatic rings. The molecule has 0 aromatic carbocycles. The van der Waals surface area contributed by atoms with Crippen molar-refractivity contribution in [1.29, 1.82) is 0 Å². The van der Waals surface area contributed by atoms with E-state index in [1.165, 1.54) is 0 Å². The van der Waals surface area contributed by atoms with E-state index in [0.717, 1.165) is 16.3 Å². The van der Waals surface area contributed by atoms with Crippen LogP contribution in [0.15, 0.2) is 23.7 Å². The standard InChI is InChI=1S/C15H17N3O3S/c1-9-8-22-15-17-10(7-18(9)15)6-16-13(19)11-4-2-3-5-12(11)14(20)21/h2-3,7-8,11-12H,4-6H2,1H3,(H,16,19)(H,20,21)/t11-,12-/m1/s1. The van der Waals surface area contributed by atoms with E-state index in [1.807, 2.05) is 35.1 Å². The fraction of sp³-hybridized carbons (Fsp3) is 0.400. The van der Waals surface area contributed by atoms with Gasteiger partial charge in [0.25, 0.3) is 0 Å². The van der Waals surface area contributed by atoms with E-state index < -0.39 is 17.8 Å². The van der Waals surface area contributed by atoms with Crippen molar-refractivity contribution in [2.45, 2.75) is 26.3 Å². The summed E-state index contributed by atoms with van der Waals surface area (Å²) in [5.41, 5.74) is 1.88. The van der Waals surface area contributed by atoms with Crippen LogP contribution in [0.5, 0.6) is 0 Å². The van der Waals surface area contributed by atoms with E-state index in [0.29, 0.717) is 19.4 Å². The number of aliphatic carboxylic acids is 1. The van der Waals surface area contributed by atoms with E-state index in [9.17, 15) is 14.7 Å². The summed E-state index contributed by atoms with van der Waals surface area (Å²) in [4.78, 5) is 28.8. The van der Waals surface area contributed by atoms with Gasteiger partial charge in [0.1, 0.15) is 0 Å². The van der Waals surface area contributed by atoms with Crippen molar-refractivity contribution in [1.82, 2.24) is 14.7 Å². The van der Waals surface area contributed by atoms with Crippen molar-refractivity contribution < 1.29 is 14.7 Å². The van der Waals surface area contributed by atoms with Crippen molar-refractivity contribution in [3.8, 4) is 0 Å². The number of aromatic nitrogens is 2. The number of nitrogens with one attached hydrogen (secondary N) is 1. The number of thiazole rings is 1. The number of nitrogens with zero attached hydrogens (tertiary/aromatic N) is 2. The van der Waals surface area contributed by atoms with E-state index in [4.69, 9.17) is 0 Å². The second-order valence-electron chi connectivity index (χ2n) is 5.47. The van der Waals surface area contributed by atoms with Crippen molar-refractivity contribution in [3.63, 3.8) is 0 Å². The third-order valence-corrected chi connectivity index (χ3v) is 4.93. The maximum Gasteiger partial charge on any atom is 0.307 e. The molecular weight excluding hydrogens is 302 g/mol. The topological polar surface area (TPSA) is 83.7 Å². The summed E-state index contributed by atoms with van der Waals surface area (Å²) in [5, 5.41) is 14.1. The van der Waals surface area contributed by atoms with Crippen molar-refractivity contribution in [2.24, 2.45) is 11.8 Å². The summed E-state index contributed by atoms with van der Waals surface area (Å²) in [7, 11) is 0. The van der Waals surface area contributed by atoms with E-state index in [-0.39, 0.29) is 5.91 Å². The molecule has 2 aromatic rings. The molecular formula is C15H17N3O3S. The zero-order chi connectivity index (χ0) is 15.7. The van der Waals surface area contributed by atoms with Gasteiger partial charge in [-0.2, -0.15) is 0 Å². The predicted octanol–water partition coefficient (Wildman–Crippen LogP) is 1.99. The Morgan fingerprint density at radius 2 is 2.14 bits per heavy atom. The lowest BCUT2D eigenvalue weighted by molar-refractivity contribution is -0.147. The second-order valence-corrected chi connectivity index (χ2v) is 6.31. The lowest BCUT2D eigenvalue weighted by Crippen LogP contribution is -2.38. The van der Waals surface area contributed by atoms with Gasteiger partial charge in [0.05, 0.1) is 24.1 Å². The molecule has 1 aliphatic carbocycles. The van der Waals surface area contributed by atoms with Crippen LogP contribution in [-0.4, -0.2) is 26.4 Å². The molecule has 0 spiro atoms. The minimum absolute atomic E-state index is 0.218. The van der Waals surface area contributed by atoms with Gasteiger partial charge in [0.15, 0.2) is 4.96 Å². The third-order valence-electron chi connectivity index (χ3n) is 3.97. The first-order valence-electron chi connectivity index (χ1n) is 7.14. The van der Waals surface area contributed by atoms with Gasteiger partial charge in [-0.15, -0.1) is 11.3 Å². The van der Waals surface area contributed by atoms with Crippen LogP contribution in [-0.2, 0) is 16.1 Å². The molecule has 0 radical (unpaired) electrons. The van der Waals surface area contributed by atoms with Crippen LogP contribution < -0.4 is 5.32 Å². The van der Waals surface area contributed by atoms with Gasteiger partial charge in [0, 0.05) is 17.3 Å². The lowest BCUT2D eigenvalue weighted by atomic mass is 9.82. The number of hydrogen-bond acceptors (Lipinski definition) is 4. The minimum atomic E-state index is -0.914. The van der Waals surface area contributed by atoms with Gasteiger partial charge in [-0.05, 0) is 19.8 Å². The van der Waals surface area contributed by atoms with E-state index in [2.05, 4.69) is 10.3 Å². The lowest BCUT2D eigenvalue weighted by Gasteiger charge is -2.24. The molecule has 2 aromatic heterocycles. The molecule has 7 heteroatoms. The molecule has 3 rings (SSSR count). The largest absolute Gasteiger partial charge is 0.481 e. The zero-order valence-electron chi connectivity index (χ0n) is 12.2. The molecule has 0 saturated heterocycles. The maximum absolute atomic E-state index is 12.3. The highest BCUT2D eigenvalue weighted by atomic mass is 32.1. The Bertz CT molecular complexity index is 746. The molecule has 0 aliphatic heterocycles. The van der Waals surface area contributed by atoms with E-state index in [1.54, 1.807) is 11.3 Å². The highest BCUT2D eigenvalue weighted by molar-refractivity contribution is 7.15. The van der Waals surface area contributed by atoms with Gasteiger partial charge in [-0.3, -0.25) is 14.0 Å². The number of fused-ring (bicyclic) bond motifs is 1. The van der Waals surface area contributed by atoms with Crippen LogP contribution >= 0.6 is 11.3 Å². The Labute approximate surface area is 131 Å². The second kappa shape index (κ2) is 5.92. The minimum Gasteiger partial charge on any atom is -0.481 e. The molecule has 2 atom stereocenters. The number of rotatable bonds is 4. The SMILES string of the molecule is Cc1csc2nc(CNC(=O)[C@@H]3CC=CC[C@H]3C(=O)O)cn12. The van der Waals surface area contributed by atoms with Gasteiger partial charge in [0.2, 0.25) is 5.91 Å². The third kappa shape index (κ3) is 2.76. The Kier molecular flexibility index (Phi) is 3.98. The molecule has 1 amide bonds. The molecule has 116 valence electrons. The number of imidazole rings is 1. The molecule has 2 heterocycles. The number of carboxylic acids is 1. The molecule has 0 fully saturated rings. The molecule has 6 nitrogen and oxygen atoms in total. The summed E-state index contributed by atoms with van der Waals surface area (Å²) < 4.78 is 1.98. The molecule has 22 heavy (non-hydrogen) atoms. The number of carbonyl (C=O) groups is 2. The summed E-state index contributed by atoms with van der Waals surface area (Å²) in [6.07, 6.45) is 6.48. The Morgan fingerprint density at radius 3 is 2.82 bits per heavy atom. The van der Waals surface area contributed by atoms with Crippen LogP contribution in [0.2, 0.25) is 0 Å². The normalized spacial score (nSPS) is 21.1. The van der Waals surface area contributed by atoms with Gasteiger partial charge < -0.3 is 10.4 Å². The fourth-order valence-electron chi connectivity index (χ4n) is 2.71. The van der Waals surface area contributed by atoms with Crippen LogP contribution in [0.1, 0.15) is 24.2 Å². The molecule has 0 bridgehead atoms. The smallest absolute Gasteiger partial charge is 0.307 e. The first-order valence-corrected chi connectivity index (χ1v) is 8.02. The number of allylic oxidation sites excluding steroid dienone is 2. The summed E-state index contributed by atoms with van der Waals surface area (Å²) in [6.45, 7) is 2.32. The monoisotopic (exact) mass is 319 g/mol. The van der Waals surface area contributed by atoms with Crippen molar-refractivity contribution in [3.05, 3.63) is 35.1 Å². The van der Waals surface area contributed by atoms with Crippen LogP contribution in [0.25, 0.3) is 4.96 Å². The summed E-state index contributed by atoms with van der Waals surface area (Å²) in [6, 6.07) is 0. The van der Waals surface area contributed by atoms with Crippen molar-refractivity contribution >= 4 is 28.2 Å². The van der Waals surface area contributed by atoms with Gasteiger partial charge in [-0.1, -0.05) is 12.2 Å². The summed E-state index contributed by atoms with van der Waals surface area (Å²) >= 11 is 1.55. The first kappa shape index (κ1) is 14.8. The number of carbonyl (C=O) groups excluding carboxylic acids is 1. The Morgan fingerprint density at radius 1 is 1.41 bits per heavy atom. The number of hydrogen-bond donors (Lipinski definition) is 2. The van der Waals surface area contributed by atoms with Crippen LogP contribution in [0, 0.1) is 18.8 Å². The Balaban J connectivity index is 1.66. The molecule has 0 saturated carbocycles. The highest BCUT2D eigenvalue weighted by Crippen LogP contribution is 2.26. The van der Waals surface area contributed by atoms with Crippen LogP contribution in [0.3, 0.4) is 0 Å². The van der Waals surface area contributed by atoms with Crippen LogP contribution in [0.4, 0.5) is 0 Å². The molecule has 2 N–H and O–H groups in total. The van der Waals surface area contributed by atoms with Gasteiger partial charge >= 0.3 is 5.97 Å².